The maximum absolute atomic E-state index is 13.6. The van der Waals surface area contributed by atoms with E-state index < -0.39 is 0 Å². The molecule has 10 heteroatoms. The van der Waals surface area contributed by atoms with Crippen molar-refractivity contribution in [1.29, 1.82) is 0 Å². The molecule has 8 rings (SSSR count). The summed E-state index contributed by atoms with van der Waals surface area (Å²) < 4.78 is 13.8. The quantitative estimate of drug-likeness (QED) is 0.447. The van der Waals surface area contributed by atoms with Crippen molar-refractivity contribution in [2.24, 2.45) is 11.8 Å². The van der Waals surface area contributed by atoms with Crippen LogP contribution in [0.25, 0.3) is 10.9 Å². The number of ether oxygens (including phenoxy) is 2. The molecule has 9 nitrogen and oxygen atoms in total. The van der Waals surface area contributed by atoms with Gasteiger partial charge >= 0.3 is 0 Å². The van der Waals surface area contributed by atoms with E-state index in [0.717, 1.165) is 48.1 Å². The average molecular weight is 549 g/mol. The Bertz CT molecular complexity index is 1490. The van der Waals surface area contributed by atoms with Gasteiger partial charge in [-0.1, -0.05) is 11.6 Å². The lowest BCUT2D eigenvalue weighted by atomic mass is 10.1. The highest BCUT2D eigenvalue weighted by Gasteiger charge is 2.39. The lowest BCUT2D eigenvalue weighted by Gasteiger charge is -2.34. The Labute approximate surface area is 231 Å². The number of rotatable bonds is 6. The minimum atomic E-state index is -0.0299. The molecule has 0 radical (unpaired) electrons. The second kappa shape index (κ2) is 9.27. The molecule has 5 heterocycles. The maximum atomic E-state index is 13.6. The van der Waals surface area contributed by atoms with Gasteiger partial charge < -0.3 is 29.6 Å². The number of hydrogen-bond acceptors (Lipinski definition) is 8. The largest absolute Gasteiger partial charge is 0.486 e. The molecular weight excluding hydrogens is 516 g/mol. The van der Waals surface area contributed by atoms with Crippen molar-refractivity contribution in [1.82, 2.24) is 14.5 Å². The third kappa shape index (κ3) is 4.30. The lowest BCUT2D eigenvalue weighted by molar-refractivity contribution is 0.0897. The number of benzene rings is 1. The molecule has 3 aromatic rings. The summed E-state index contributed by atoms with van der Waals surface area (Å²) in [6.45, 7) is 2.71. The number of fused-ring (bicyclic) bond motifs is 5. The van der Waals surface area contributed by atoms with Crippen LogP contribution < -0.4 is 25.8 Å². The molecule has 2 unspecified atom stereocenters. The van der Waals surface area contributed by atoms with Crippen LogP contribution in [0, 0.1) is 11.8 Å². The Morgan fingerprint density at radius 3 is 2.67 bits per heavy atom. The van der Waals surface area contributed by atoms with Gasteiger partial charge in [0.2, 0.25) is 11.7 Å². The van der Waals surface area contributed by atoms with E-state index in [2.05, 4.69) is 26.6 Å². The molecule has 5 aliphatic rings. The van der Waals surface area contributed by atoms with Gasteiger partial charge in [0, 0.05) is 30.1 Å². The van der Waals surface area contributed by atoms with Crippen LogP contribution in [0.5, 0.6) is 5.75 Å². The van der Waals surface area contributed by atoms with Crippen molar-refractivity contribution in [3.8, 4) is 5.75 Å². The van der Waals surface area contributed by atoms with Gasteiger partial charge in [-0.3, -0.25) is 4.79 Å². The molecule has 2 saturated carbocycles. The van der Waals surface area contributed by atoms with E-state index in [1.807, 2.05) is 16.7 Å². The zero-order chi connectivity index (χ0) is 26.1. The highest BCUT2D eigenvalue weighted by atomic mass is 35.5. The molecule has 0 amide bonds. The third-order valence-corrected chi connectivity index (χ3v) is 9.30. The number of nitrogens with zero attached hydrogens (tertiary/aromatic N) is 4. The van der Waals surface area contributed by atoms with E-state index >= 15 is 0 Å². The fourth-order valence-electron chi connectivity index (χ4n) is 6.59. The van der Waals surface area contributed by atoms with Gasteiger partial charge in [0.1, 0.15) is 5.02 Å². The zero-order valence-electron chi connectivity index (χ0n) is 21.9. The fourth-order valence-corrected chi connectivity index (χ4v) is 6.73. The standard InChI is InChI=1S/C29H33ClN6O3/c30-22-12-31-29(36-19-6-7-20(36)15-38-14-19)34-27(22)32-18-5-8-24-21(11-18)25-26(28(37)35(24)13-16-1-2-16)39-10-9-23(33-25)17-3-4-17/h5,8,11-12,16-17,19-20,23,33H,1-4,6-7,9-10,13-15H2,(H,31,32,34)/t19?,20?,23-/m1/s1. The number of aromatic nitrogens is 3. The summed E-state index contributed by atoms with van der Waals surface area (Å²) in [5.41, 5.74) is 2.58. The first kappa shape index (κ1) is 23.8. The second-order valence-electron chi connectivity index (χ2n) is 11.8. The Morgan fingerprint density at radius 2 is 1.90 bits per heavy atom. The highest BCUT2D eigenvalue weighted by molar-refractivity contribution is 6.33. The maximum Gasteiger partial charge on any atom is 0.295 e. The van der Waals surface area contributed by atoms with Crippen LogP contribution in [-0.2, 0) is 11.3 Å². The molecule has 3 atom stereocenters. The van der Waals surface area contributed by atoms with E-state index in [1.165, 1.54) is 25.7 Å². The van der Waals surface area contributed by atoms with Gasteiger partial charge in [-0.2, -0.15) is 4.98 Å². The van der Waals surface area contributed by atoms with E-state index in [9.17, 15) is 4.79 Å². The predicted molar refractivity (Wildman–Crippen MR) is 152 cm³/mol. The predicted octanol–water partition coefficient (Wildman–Crippen LogP) is 4.94. The van der Waals surface area contributed by atoms with Gasteiger partial charge in [0.15, 0.2) is 5.82 Å². The Balaban J connectivity index is 1.19. The van der Waals surface area contributed by atoms with E-state index in [-0.39, 0.29) is 5.56 Å². The van der Waals surface area contributed by atoms with E-state index in [4.69, 9.17) is 26.1 Å². The second-order valence-corrected chi connectivity index (χ2v) is 12.2. The molecule has 2 aliphatic carbocycles. The normalized spacial score (nSPS) is 26.1. The zero-order valence-corrected chi connectivity index (χ0v) is 22.6. The monoisotopic (exact) mass is 548 g/mol. The smallest absolute Gasteiger partial charge is 0.295 e. The molecule has 2 N–H and O–H groups in total. The minimum Gasteiger partial charge on any atom is -0.486 e. The third-order valence-electron chi connectivity index (χ3n) is 9.02. The van der Waals surface area contributed by atoms with Gasteiger partial charge in [0.05, 0.1) is 49.3 Å². The molecule has 0 spiro atoms. The Morgan fingerprint density at radius 1 is 1.08 bits per heavy atom. The molecule has 2 saturated heterocycles. The molecule has 2 aromatic heterocycles. The number of nitrogens with one attached hydrogen (secondary N) is 2. The number of halogens is 1. The van der Waals surface area contributed by atoms with Gasteiger partial charge in [-0.05, 0) is 68.6 Å². The van der Waals surface area contributed by atoms with Crippen molar-refractivity contribution in [2.75, 3.05) is 35.4 Å². The summed E-state index contributed by atoms with van der Waals surface area (Å²) in [5, 5.41) is 8.64. The number of morpholine rings is 1. The van der Waals surface area contributed by atoms with Gasteiger partial charge in [-0.25, -0.2) is 4.98 Å². The summed E-state index contributed by atoms with van der Waals surface area (Å²) in [4.78, 5) is 25.4. The Kier molecular flexibility index (Phi) is 5.66. The highest BCUT2D eigenvalue weighted by Crippen LogP contribution is 2.42. The topological polar surface area (TPSA) is 93.5 Å². The van der Waals surface area contributed by atoms with Crippen LogP contribution in [0.15, 0.2) is 29.2 Å². The number of anilines is 4. The molecule has 2 bridgehead atoms. The van der Waals surface area contributed by atoms with Crippen molar-refractivity contribution < 1.29 is 9.47 Å². The van der Waals surface area contributed by atoms with Crippen LogP contribution in [0.1, 0.15) is 44.9 Å². The van der Waals surface area contributed by atoms with Crippen molar-refractivity contribution in [3.63, 3.8) is 0 Å². The fraction of sp³-hybridized carbons (Fsp3) is 0.552. The molecule has 4 fully saturated rings. The first-order valence-corrected chi connectivity index (χ1v) is 14.8. The van der Waals surface area contributed by atoms with Crippen molar-refractivity contribution in [3.05, 3.63) is 39.8 Å². The number of pyridine rings is 1. The number of hydrogen-bond donors (Lipinski definition) is 2. The molecule has 204 valence electrons. The summed E-state index contributed by atoms with van der Waals surface area (Å²) in [5.74, 6) is 2.93. The average Bonchev–Trinajstić information content (AvgIpc) is 3.85. The lowest BCUT2D eigenvalue weighted by Crippen LogP contribution is -2.46. The SMILES string of the molecule is O=c1c2c(c3cc(Nc4nc(N5C6CCC5COC6)ncc4Cl)ccc3n1CC1CC1)N[C@@H](C1CC1)CCO2. The summed E-state index contributed by atoms with van der Waals surface area (Å²) >= 11 is 6.59. The Hall–Kier alpha value is -3.04. The summed E-state index contributed by atoms with van der Waals surface area (Å²) in [6.07, 6.45) is 9.58. The summed E-state index contributed by atoms with van der Waals surface area (Å²) in [6, 6.07) is 7.08. The molecular formula is C29H33ClN6O3. The van der Waals surface area contributed by atoms with E-state index in [1.54, 1.807) is 6.20 Å². The van der Waals surface area contributed by atoms with Gasteiger partial charge in [0.25, 0.3) is 5.56 Å². The first-order chi connectivity index (χ1) is 19.1. The van der Waals surface area contributed by atoms with Crippen LogP contribution in [-0.4, -0.2) is 52.5 Å². The molecule has 3 aliphatic heterocycles. The van der Waals surface area contributed by atoms with Crippen LogP contribution in [0.4, 0.5) is 23.1 Å². The van der Waals surface area contributed by atoms with Crippen molar-refractivity contribution >= 4 is 45.6 Å². The minimum absolute atomic E-state index is 0.0299. The molecule has 1 aromatic carbocycles. The molecule has 39 heavy (non-hydrogen) atoms. The van der Waals surface area contributed by atoms with Gasteiger partial charge in [-0.15, -0.1) is 0 Å². The van der Waals surface area contributed by atoms with Crippen molar-refractivity contribution in [2.45, 2.75) is 69.6 Å². The van der Waals surface area contributed by atoms with Crippen LogP contribution in [0.2, 0.25) is 5.02 Å². The first-order valence-electron chi connectivity index (χ1n) is 14.4. The summed E-state index contributed by atoms with van der Waals surface area (Å²) in [7, 11) is 0. The van der Waals surface area contributed by atoms with Crippen LogP contribution in [0.3, 0.4) is 0 Å². The van der Waals surface area contributed by atoms with E-state index in [0.29, 0.717) is 72.3 Å². The van der Waals surface area contributed by atoms with Crippen LogP contribution >= 0.6 is 11.6 Å².